The van der Waals surface area contributed by atoms with Gasteiger partial charge in [0.1, 0.15) is 11.3 Å². The lowest BCUT2D eigenvalue weighted by Crippen LogP contribution is -2.37. The molecule has 2 aromatic heterocycles. The van der Waals surface area contributed by atoms with E-state index in [2.05, 4.69) is 4.98 Å². The maximum atomic E-state index is 13.7. The summed E-state index contributed by atoms with van der Waals surface area (Å²) < 4.78 is 12.6. The van der Waals surface area contributed by atoms with Crippen LogP contribution in [0.1, 0.15) is 30.1 Å². The smallest absolute Gasteiger partial charge is 0.262 e. The van der Waals surface area contributed by atoms with Gasteiger partial charge < -0.3 is 14.5 Å². The molecular weight excluding hydrogens is 398 g/mol. The summed E-state index contributed by atoms with van der Waals surface area (Å²) in [6.07, 6.45) is 3.78. The minimum absolute atomic E-state index is 0.0255. The van der Waals surface area contributed by atoms with Crippen molar-refractivity contribution < 1.29 is 14.3 Å². The highest BCUT2D eigenvalue weighted by Crippen LogP contribution is 2.36. The van der Waals surface area contributed by atoms with Crippen LogP contribution in [0.3, 0.4) is 0 Å². The van der Waals surface area contributed by atoms with Gasteiger partial charge in [0, 0.05) is 23.7 Å². The van der Waals surface area contributed by atoms with Crippen LogP contribution in [0, 0.1) is 0 Å². The van der Waals surface area contributed by atoms with Crippen LogP contribution in [-0.4, -0.2) is 41.7 Å². The monoisotopic (exact) mass is 421 g/mol. The molecule has 2 aromatic carbocycles. The van der Waals surface area contributed by atoms with Gasteiger partial charge in [0.05, 0.1) is 29.5 Å². The number of carbonyl (C=O) groups excluding carboxylic acids is 1. The third-order valence-electron chi connectivity index (χ3n) is 5.38. The zero-order valence-corrected chi connectivity index (χ0v) is 17.6. The van der Waals surface area contributed by atoms with Gasteiger partial charge in [-0.1, -0.05) is 35.6 Å². The summed E-state index contributed by atoms with van der Waals surface area (Å²) in [4.78, 5) is 23.5. The molecule has 0 bridgehead atoms. The van der Waals surface area contributed by atoms with Crippen molar-refractivity contribution in [2.45, 2.75) is 25.9 Å². The summed E-state index contributed by atoms with van der Waals surface area (Å²) in [5.41, 5.74) is 2.39. The zero-order chi connectivity index (χ0) is 20.5. The number of nitrogens with one attached hydrogen (secondary N) is 1. The van der Waals surface area contributed by atoms with Crippen LogP contribution >= 0.6 is 11.3 Å². The maximum absolute atomic E-state index is 13.7. The molecule has 5 rings (SSSR count). The number of anilines is 1. The van der Waals surface area contributed by atoms with Gasteiger partial charge in [0.15, 0.2) is 5.13 Å². The van der Waals surface area contributed by atoms with Crippen molar-refractivity contribution in [3.05, 3.63) is 54.2 Å². The summed E-state index contributed by atoms with van der Waals surface area (Å²) in [6.45, 7) is 3.76. The predicted molar refractivity (Wildman–Crippen MR) is 120 cm³/mol. The summed E-state index contributed by atoms with van der Waals surface area (Å²) >= 11 is 1.51. The number of amides is 1. The third-order valence-corrected chi connectivity index (χ3v) is 6.42. The van der Waals surface area contributed by atoms with E-state index in [1.165, 1.54) is 11.3 Å². The molecule has 1 unspecified atom stereocenters. The average Bonchev–Trinajstić information content (AvgIpc) is 3.51. The fourth-order valence-corrected chi connectivity index (χ4v) is 4.92. The first-order valence-electron chi connectivity index (χ1n) is 10.3. The summed E-state index contributed by atoms with van der Waals surface area (Å²) in [6, 6.07) is 13.7. The Hall–Kier alpha value is -2.90. The minimum atomic E-state index is -0.0695. The molecule has 4 aromatic rings. The van der Waals surface area contributed by atoms with E-state index in [1.807, 2.05) is 49.4 Å². The number of hydrogen-bond donors (Lipinski definition) is 1. The molecule has 1 saturated heterocycles. The lowest BCUT2D eigenvalue weighted by atomic mass is 10.1. The number of aromatic amines is 1. The van der Waals surface area contributed by atoms with E-state index in [1.54, 1.807) is 11.1 Å². The average molecular weight is 422 g/mol. The van der Waals surface area contributed by atoms with Gasteiger partial charge in [-0.05, 0) is 38.0 Å². The van der Waals surface area contributed by atoms with Gasteiger partial charge in [-0.2, -0.15) is 0 Å². The van der Waals surface area contributed by atoms with E-state index in [0.29, 0.717) is 23.8 Å². The normalized spacial score (nSPS) is 16.4. The molecule has 6 nitrogen and oxygen atoms in total. The van der Waals surface area contributed by atoms with Crippen LogP contribution in [0.15, 0.2) is 48.7 Å². The van der Waals surface area contributed by atoms with E-state index in [9.17, 15) is 4.79 Å². The first-order valence-corrected chi connectivity index (χ1v) is 11.1. The van der Waals surface area contributed by atoms with E-state index in [-0.39, 0.29) is 12.0 Å². The Morgan fingerprint density at radius 1 is 1.30 bits per heavy atom. The van der Waals surface area contributed by atoms with Gasteiger partial charge in [-0.15, -0.1) is 0 Å². The summed E-state index contributed by atoms with van der Waals surface area (Å²) in [7, 11) is 0. The molecule has 7 heteroatoms. The van der Waals surface area contributed by atoms with Gasteiger partial charge in [0.25, 0.3) is 5.91 Å². The van der Waals surface area contributed by atoms with E-state index < -0.39 is 0 Å². The van der Waals surface area contributed by atoms with Crippen LogP contribution in [0.5, 0.6) is 5.75 Å². The number of fused-ring (bicyclic) bond motifs is 2. The van der Waals surface area contributed by atoms with Crippen LogP contribution in [0.2, 0.25) is 0 Å². The molecule has 154 valence electrons. The molecule has 0 saturated carbocycles. The van der Waals surface area contributed by atoms with Crippen LogP contribution < -0.4 is 9.64 Å². The van der Waals surface area contributed by atoms with Gasteiger partial charge in [-0.25, -0.2) is 4.98 Å². The minimum Gasteiger partial charge on any atom is -0.492 e. The molecule has 1 fully saturated rings. The lowest BCUT2D eigenvalue weighted by Gasteiger charge is -2.22. The van der Waals surface area contributed by atoms with Crippen molar-refractivity contribution in [3.63, 3.8) is 0 Å². The molecule has 1 aliphatic heterocycles. The van der Waals surface area contributed by atoms with Crippen molar-refractivity contribution >= 4 is 43.5 Å². The van der Waals surface area contributed by atoms with Gasteiger partial charge >= 0.3 is 0 Å². The third kappa shape index (κ3) is 3.44. The SMILES string of the molecule is CCOc1cccc2sc(N(CC3CCCO3)C(=O)c3c[nH]c4ccccc34)nc12. The highest BCUT2D eigenvalue weighted by molar-refractivity contribution is 7.22. The summed E-state index contributed by atoms with van der Waals surface area (Å²) in [5.74, 6) is 0.675. The first kappa shape index (κ1) is 19.1. The maximum Gasteiger partial charge on any atom is 0.262 e. The molecule has 1 amide bonds. The number of H-pyrrole nitrogens is 1. The second-order valence-electron chi connectivity index (χ2n) is 7.33. The number of hydrogen-bond acceptors (Lipinski definition) is 5. The van der Waals surface area contributed by atoms with E-state index >= 15 is 0 Å². The molecular formula is C23H23N3O3S. The molecule has 0 aliphatic carbocycles. The van der Waals surface area contributed by atoms with Crippen molar-refractivity contribution in [1.82, 2.24) is 9.97 Å². The standard InChI is InChI=1S/C23H23N3O3S/c1-2-28-19-10-5-11-20-21(19)25-23(30-20)26(14-15-7-6-12-29-15)22(27)17-13-24-18-9-4-3-8-16(17)18/h3-5,8-11,13,15,24H,2,6-7,12,14H2,1H3. The Balaban J connectivity index is 1.57. The van der Waals surface area contributed by atoms with Crippen LogP contribution in [-0.2, 0) is 4.74 Å². The summed E-state index contributed by atoms with van der Waals surface area (Å²) in [5, 5.41) is 1.58. The molecule has 30 heavy (non-hydrogen) atoms. The Morgan fingerprint density at radius 3 is 3.03 bits per heavy atom. The van der Waals surface area contributed by atoms with E-state index in [4.69, 9.17) is 14.5 Å². The van der Waals surface area contributed by atoms with Crippen molar-refractivity contribution in [3.8, 4) is 5.75 Å². The van der Waals surface area contributed by atoms with E-state index in [0.717, 1.165) is 46.3 Å². The quantitative estimate of drug-likeness (QED) is 0.476. The molecule has 3 heterocycles. The molecule has 1 atom stereocenters. The lowest BCUT2D eigenvalue weighted by molar-refractivity contribution is 0.0919. The molecule has 0 spiro atoms. The first-order chi connectivity index (χ1) is 14.7. The number of benzene rings is 2. The number of ether oxygens (including phenoxy) is 2. The fraction of sp³-hybridized carbons (Fsp3) is 0.304. The topological polar surface area (TPSA) is 67.5 Å². The number of para-hydroxylation sites is 2. The second-order valence-corrected chi connectivity index (χ2v) is 8.34. The number of aromatic nitrogens is 2. The molecule has 0 radical (unpaired) electrons. The van der Waals surface area contributed by atoms with Crippen molar-refractivity contribution in [2.75, 3.05) is 24.7 Å². The highest BCUT2D eigenvalue weighted by atomic mass is 32.1. The predicted octanol–water partition coefficient (Wildman–Crippen LogP) is 5.00. The second kappa shape index (κ2) is 8.08. The van der Waals surface area contributed by atoms with Gasteiger partial charge in [-0.3, -0.25) is 9.69 Å². The largest absolute Gasteiger partial charge is 0.492 e. The Labute approximate surface area is 178 Å². The number of thiazole rings is 1. The Kier molecular flexibility index (Phi) is 5.14. The van der Waals surface area contributed by atoms with Crippen LogP contribution in [0.25, 0.3) is 21.1 Å². The fourth-order valence-electron chi connectivity index (χ4n) is 3.93. The number of nitrogens with zero attached hydrogens (tertiary/aromatic N) is 2. The number of carbonyl (C=O) groups is 1. The van der Waals surface area contributed by atoms with Crippen molar-refractivity contribution in [2.24, 2.45) is 0 Å². The zero-order valence-electron chi connectivity index (χ0n) is 16.8. The molecule has 1 N–H and O–H groups in total. The Morgan fingerprint density at radius 2 is 2.20 bits per heavy atom. The van der Waals surface area contributed by atoms with Crippen LogP contribution in [0.4, 0.5) is 5.13 Å². The highest BCUT2D eigenvalue weighted by Gasteiger charge is 2.28. The Bertz CT molecular complexity index is 1190. The van der Waals surface area contributed by atoms with Crippen molar-refractivity contribution in [1.29, 1.82) is 0 Å². The van der Waals surface area contributed by atoms with Gasteiger partial charge in [0.2, 0.25) is 0 Å². The molecule has 1 aliphatic rings. The number of rotatable bonds is 6.